The first-order valence-electron chi connectivity index (χ1n) is 6.95. The lowest BCUT2D eigenvalue weighted by atomic mass is 10.2. The van der Waals surface area contributed by atoms with Crippen molar-refractivity contribution >= 4 is 11.9 Å². The molecule has 2 rings (SSSR count). The van der Waals surface area contributed by atoms with E-state index in [-0.39, 0.29) is 18.4 Å². The fraction of sp³-hybridized carbons (Fsp3) is 0.643. The Bertz CT molecular complexity index is 524. The third-order valence-corrected chi connectivity index (χ3v) is 3.79. The van der Waals surface area contributed by atoms with Gasteiger partial charge >= 0.3 is 5.97 Å². The highest BCUT2D eigenvalue weighted by Gasteiger charge is 2.34. The fourth-order valence-corrected chi connectivity index (χ4v) is 2.87. The van der Waals surface area contributed by atoms with Gasteiger partial charge in [-0.2, -0.15) is 5.10 Å². The van der Waals surface area contributed by atoms with E-state index in [9.17, 15) is 9.59 Å². The van der Waals surface area contributed by atoms with Crippen LogP contribution in [0.2, 0.25) is 0 Å². The molecule has 0 bridgehead atoms. The highest BCUT2D eigenvalue weighted by atomic mass is 16.4. The Morgan fingerprint density at radius 1 is 1.50 bits per heavy atom. The predicted molar refractivity (Wildman–Crippen MR) is 73.4 cm³/mol. The van der Waals surface area contributed by atoms with Crippen molar-refractivity contribution in [3.63, 3.8) is 0 Å². The maximum absolute atomic E-state index is 12.3. The predicted octanol–water partition coefficient (Wildman–Crippen LogP) is 1.53. The Morgan fingerprint density at radius 3 is 2.75 bits per heavy atom. The zero-order valence-corrected chi connectivity index (χ0v) is 12.2. The largest absolute Gasteiger partial charge is 0.480 e. The van der Waals surface area contributed by atoms with Gasteiger partial charge in [0, 0.05) is 18.7 Å². The summed E-state index contributed by atoms with van der Waals surface area (Å²) < 4.78 is 1.83. The van der Waals surface area contributed by atoms with Gasteiger partial charge in [-0.25, -0.2) is 4.79 Å². The van der Waals surface area contributed by atoms with Gasteiger partial charge in [0.15, 0.2) is 0 Å². The van der Waals surface area contributed by atoms with E-state index >= 15 is 0 Å². The minimum Gasteiger partial charge on any atom is -0.480 e. The van der Waals surface area contributed by atoms with Gasteiger partial charge in [-0.1, -0.05) is 0 Å². The second kappa shape index (κ2) is 5.64. The molecule has 1 unspecified atom stereocenters. The van der Waals surface area contributed by atoms with E-state index in [2.05, 4.69) is 5.10 Å². The van der Waals surface area contributed by atoms with E-state index in [1.807, 2.05) is 31.5 Å². The van der Waals surface area contributed by atoms with Gasteiger partial charge in [-0.05, 0) is 39.7 Å². The summed E-state index contributed by atoms with van der Waals surface area (Å²) in [7, 11) is 0. The molecule has 1 saturated heterocycles. The smallest absolute Gasteiger partial charge is 0.326 e. The number of nitrogens with zero attached hydrogens (tertiary/aromatic N) is 3. The van der Waals surface area contributed by atoms with Crippen LogP contribution in [0.4, 0.5) is 0 Å². The SMILES string of the molecule is Cc1cc(C)n(C(C)CC(=O)N2CCC[C@@H]2C(=O)O)n1. The first kappa shape index (κ1) is 14.6. The number of amides is 1. The Kier molecular flexibility index (Phi) is 4.11. The van der Waals surface area contributed by atoms with Crippen LogP contribution >= 0.6 is 0 Å². The molecule has 1 aliphatic heterocycles. The van der Waals surface area contributed by atoms with Gasteiger partial charge in [-0.3, -0.25) is 9.48 Å². The molecule has 0 saturated carbocycles. The highest BCUT2D eigenvalue weighted by molar-refractivity contribution is 5.84. The molecule has 0 radical (unpaired) electrons. The Morgan fingerprint density at radius 2 is 2.20 bits per heavy atom. The number of hydrogen-bond acceptors (Lipinski definition) is 3. The molecule has 20 heavy (non-hydrogen) atoms. The van der Waals surface area contributed by atoms with Gasteiger partial charge in [-0.15, -0.1) is 0 Å². The number of aryl methyl sites for hydroxylation is 2. The highest BCUT2D eigenvalue weighted by Crippen LogP contribution is 2.22. The van der Waals surface area contributed by atoms with Crippen LogP contribution in [0, 0.1) is 13.8 Å². The molecule has 1 amide bonds. The summed E-state index contributed by atoms with van der Waals surface area (Å²) in [6, 6.07) is 1.25. The quantitative estimate of drug-likeness (QED) is 0.906. The average molecular weight is 279 g/mol. The second-order valence-corrected chi connectivity index (χ2v) is 5.51. The van der Waals surface area contributed by atoms with E-state index in [0.29, 0.717) is 13.0 Å². The Balaban J connectivity index is 2.04. The standard InChI is InChI=1S/C14H21N3O3/c1-9-7-10(2)17(15-9)11(3)8-13(18)16-6-4-5-12(16)14(19)20/h7,11-12H,4-6,8H2,1-3H3,(H,19,20)/t11?,12-/m1/s1. The lowest BCUT2D eigenvalue weighted by Gasteiger charge is -2.23. The molecule has 6 heteroatoms. The van der Waals surface area contributed by atoms with Gasteiger partial charge in [0.25, 0.3) is 0 Å². The molecule has 2 heterocycles. The molecule has 2 atom stereocenters. The van der Waals surface area contributed by atoms with Crippen molar-refractivity contribution in [3.8, 4) is 0 Å². The van der Waals surface area contributed by atoms with Crippen molar-refractivity contribution in [2.75, 3.05) is 6.54 Å². The topological polar surface area (TPSA) is 75.4 Å². The summed E-state index contributed by atoms with van der Waals surface area (Å²) in [6.07, 6.45) is 1.60. The molecule has 0 aliphatic carbocycles. The number of carboxylic acid groups (broad SMARTS) is 1. The third-order valence-electron chi connectivity index (χ3n) is 3.79. The number of carbonyl (C=O) groups excluding carboxylic acids is 1. The number of likely N-dealkylation sites (tertiary alicyclic amines) is 1. The van der Waals surface area contributed by atoms with E-state index in [1.165, 1.54) is 4.90 Å². The van der Waals surface area contributed by atoms with E-state index in [0.717, 1.165) is 17.8 Å². The first-order chi connectivity index (χ1) is 9.40. The number of carboxylic acids is 1. The van der Waals surface area contributed by atoms with Crippen LogP contribution in [0.1, 0.15) is 43.6 Å². The van der Waals surface area contributed by atoms with Gasteiger partial charge in [0.1, 0.15) is 6.04 Å². The monoisotopic (exact) mass is 279 g/mol. The van der Waals surface area contributed by atoms with Crippen LogP contribution in [0.5, 0.6) is 0 Å². The van der Waals surface area contributed by atoms with Crippen LogP contribution < -0.4 is 0 Å². The average Bonchev–Trinajstić information content (AvgIpc) is 2.95. The molecule has 1 aromatic rings. The summed E-state index contributed by atoms with van der Waals surface area (Å²) in [4.78, 5) is 24.9. The first-order valence-corrected chi connectivity index (χ1v) is 6.95. The maximum Gasteiger partial charge on any atom is 0.326 e. The number of carbonyl (C=O) groups is 2. The molecule has 1 aliphatic rings. The van der Waals surface area contributed by atoms with Gasteiger partial charge < -0.3 is 10.0 Å². The van der Waals surface area contributed by atoms with Crippen LogP contribution in [-0.4, -0.2) is 44.3 Å². The number of hydrogen-bond donors (Lipinski definition) is 1. The number of aliphatic carboxylic acids is 1. The summed E-state index contributed by atoms with van der Waals surface area (Å²) in [5.41, 5.74) is 1.94. The lowest BCUT2D eigenvalue weighted by Crippen LogP contribution is -2.41. The van der Waals surface area contributed by atoms with Crippen molar-refractivity contribution in [1.29, 1.82) is 0 Å². The molecule has 1 N–H and O–H groups in total. The minimum absolute atomic E-state index is 0.0637. The van der Waals surface area contributed by atoms with Crippen LogP contribution in [-0.2, 0) is 9.59 Å². The lowest BCUT2D eigenvalue weighted by molar-refractivity contribution is -0.148. The van der Waals surface area contributed by atoms with Crippen molar-refractivity contribution < 1.29 is 14.7 Å². The van der Waals surface area contributed by atoms with E-state index in [1.54, 1.807) is 0 Å². The van der Waals surface area contributed by atoms with Gasteiger partial charge in [0.05, 0.1) is 11.7 Å². The zero-order valence-electron chi connectivity index (χ0n) is 12.2. The number of rotatable bonds is 4. The molecule has 1 fully saturated rings. The van der Waals surface area contributed by atoms with Crippen molar-refractivity contribution in [2.24, 2.45) is 0 Å². The van der Waals surface area contributed by atoms with E-state index in [4.69, 9.17) is 5.11 Å². The normalized spacial score (nSPS) is 20.1. The summed E-state index contributed by atoms with van der Waals surface area (Å²) in [5, 5.41) is 13.5. The van der Waals surface area contributed by atoms with Crippen LogP contribution in [0.25, 0.3) is 0 Å². The molecule has 0 aromatic carbocycles. The zero-order chi connectivity index (χ0) is 14.9. The van der Waals surface area contributed by atoms with Crippen LogP contribution in [0.3, 0.4) is 0 Å². The van der Waals surface area contributed by atoms with Crippen molar-refractivity contribution in [3.05, 3.63) is 17.5 Å². The Hall–Kier alpha value is -1.85. The van der Waals surface area contributed by atoms with Crippen LogP contribution in [0.15, 0.2) is 6.07 Å². The molecular weight excluding hydrogens is 258 g/mol. The van der Waals surface area contributed by atoms with Crippen molar-refractivity contribution in [2.45, 2.75) is 52.1 Å². The summed E-state index contributed by atoms with van der Waals surface area (Å²) >= 11 is 0. The second-order valence-electron chi connectivity index (χ2n) is 5.51. The summed E-state index contributed by atoms with van der Waals surface area (Å²) in [5.74, 6) is -1.01. The Labute approximate surface area is 118 Å². The molecule has 1 aromatic heterocycles. The molecule has 6 nitrogen and oxygen atoms in total. The molecule has 0 spiro atoms. The summed E-state index contributed by atoms with van der Waals surface area (Å²) in [6.45, 7) is 6.35. The maximum atomic E-state index is 12.3. The third kappa shape index (κ3) is 2.84. The fourth-order valence-electron chi connectivity index (χ4n) is 2.87. The van der Waals surface area contributed by atoms with Gasteiger partial charge in [0.2, 0.25) is 5.91 Å². The van der Waals surface area contributed by atoms with E-state index < -0.39 is 12.0 Å². The van der Waals surface area contributed by atoms with Crippen molar-refractivity contribution in [1.82, 2.24) is 14.7 Å². The number of aromatic nitrogens is 2. The molecular formula is C14H21N3O3. The minimum atomic E-state index is -0.908. The molecule has 110 valence electrons.